The van der Waals surface area contributed by atoms with Gasteiger partial charge in [-0.2, -0.15) is 0 Å². The summed E-state index contributed by atoms with van der Waals surface area (Å²) < 4.78 is 5.16. The summed E-state index contributed by atoms with van der Waals surface area (Å²) >= 11 is 1.33. The Kier molecular flexibility index (Phi) is 5.14. The van der Waals surface area contributed by atoms with E-state index in [9.17, 15) is 9.59 Å². The van der Waals surface area contributed by atoms with Gasteiger partial charge < -0.3 is 10.1 Å². The minimum absolute atomic E-state index is 0.0446. The highest BCUT2D eigenvalue weighted by Crippen LogP contribution is 2.29. The van der Waals surface area contributed by atoms with Crippen LogP contribution in [0.15, 0.2) is 48.5 Å². The van der Waals surface area contributed by atoms with E-state index in [0.29, 0.717) is 21.8 Å². The van der Waals surface area contributed by atoms with Crippen molar-refractivity contribution in [3.8, 4) is 16.3 Å². The summed E-state index contributed by atoms with van der Waals surface area (Å²) in [6, 6.07) is 14.4. The van der Waals surface area contributed by atoms with E-state index in [1.165, 1.54) is 18.3 Å². The lowest BCUT2D eigenvalue weighted by Crippen LogP contribution is -2.11. The maximum atomic E-state index is 12.6. The van der Waals surface area contributed by atoms with Crippen LogP contribution < -0.4 is 10.1 Å². The van der Waals surface area contributed by atoms with Crippen molar-refractivity contribution in [3.05, 3.63) is 64.7 Å². The summed E-state index contributed by atoms with van der Waals surface area (Å²) in [6.45, 7) is 3.31. The van der Waals surface area contributed by atoms with Crippen molar-refractivity contribution >= 4 is 28.7 Å². The molecular weight excluding hydrogens is 348 g/mol. The molecule has 1 amide bonds. The van der Waals surface area contributed by atoms with E-state index in [4.69, 9.17) is 4.74 Å². The smallest absolute Gasteiger partial charge is 0.267 e. The summed E-state index contributed by atoms with van der Waals surface area (Å²) in [5, 5.41) is 3.61. The van der Waals surface area contributed by atoms with Crippen LogP contribution in [0.25, 0.3) is 10.6 Å². The van der Waals surface area contributed by atoms with E-state index in [1.807, 2.05) is 31.2 Å². The number of aromatic nitrogens is 1. The van der Waals surface area contributed by atoms with Crippen molar-refractivity contribution in [2.24, 2.45) is 0 Å². The number of anilines is 1. The van der Waals surface area contributed by atoms with Gasteiger partial charge in [-0.15, -0.1) is 11.3 Å². The number of thiazole rings is 1. The first-order valence-corrected chi connectivity index (χ1v) is 8.84. The number of benzene rings is 2. The Bertz CT molecular complexity index is 961. The molecule has 0 bridgehead atoms. The number of methoxy groups -OCH3 is 1. The van der Waals surface area contributed by atoms with Crippen molar-refractivity contribution < 1.29 is 14.3 Å². The minimum Gasteiger partial charge on any atom is -0.497 e. The second-order valence-electron chi connectivity index (χ2n) is 5.75. The number of nitrogens with one attached hydrogen (secondary N) is 1. The Labute approximate surface area is 155 Å². The SMILES string of the molecule is COc1ccc(-c2nc(C)c(C(=O)Nc3cccc(C(C)=O)c3)s2)cc1. The fourth-order valence-corrected chi connectivity index (χ4v) is 3.43. The van der Waals surface area contributed by atoms with Crippen LogP contribution in [0.5, 0.6) is 5.75 Å². The molecule has 132 valence electrons. The summed E-state index contributed by atoms with van der Waals surface area (Å²) in [5.74, 6) is 0.489. The lowest BCUT2D eigenvalue weighted by atomic mass is 10.1. The quantitative estimate of drug-likeness (QED) is 0.671. The van der Waals surface area contributed by atoms with Gasteiger partial charge in [0.1, 0.15) is 15.6 Å². The normalized spacial score (nSPS) is 10.4. The largest absolute Gasteiger partial charge is 0.497 e. The van der Waals surface area contributed by atoms with Gasteiger partial charge in [0.05, 0.1) is 12.8 Å². The van der Waals surface area contributed by atoms with E-state index in [0.717, 1.165) is 16.3 Å². The molecule has 0 fully saturated rings. The van der Waals surface area contributed by atoms with Crippen LogP contribution in [0.1, 0.15) is 32.6 Å². The third kappa shape index (κ3) is 3.81. The zero-order valence-corrected chi connectivity index (χ0v) is 15.5. The number of ether oxygens (including phenoxy) is 1. The molecule has 0 atom stereocenters. The Balaban J connectivity index is 1.83. The van der Waals surface area contributed by atoms with Crippen molar-refractivity contribution in [2.75, 3.05) is 12.4 Å². The van der Waals surface area contributed by atoms with Crippen LogP contribution in [-0.4, -0.2) is 23.8 Å². The highest BCUT2D eigenvalue weighted by atomic mass is 32.1. The summed E-state index contributed by atoms with van der Waals surface area (Å²) in [5.41, 5.74) is 2.74. The summed E-state index contributed by atoms with van der Waals surface area (Å²) in [7, 11) is 1.62. The first kappa shape index (κ1) is 17.8. The van der Waals surface area contributed by atoms with Crippen molar-refractivity contribution in [3.63, 3.8) is 0 Å². The number of aryl methyl sites for hydroxylation is 1. The van der Waals surface area contributed by atoms with Gasteiger partial charge in [-0.3, -0.25) is 9.59 Å². The van der Waals surface area contributed by atoms with Crippen LogP contribution >= 0.6 is 11.3 Å². The van der Waals surface area contributed by atoms with Gasteiger partial charge in [-0.05, 0) is 50.2 Å². The van der Waals surface area contributed by atoms with Crippen molar-refractivity contribution in [2.45, 2.75) is 13.8 Å². The lowest BCUT2D eigenvalue weighted by Gasteiger charge is -2.05. The molecular formula is C20H18N2O3S. The molecule has 3 rings (SSSR count). The molecule has 0 saturated heterocycles. The Hall–Kier alpha value is -2.99. The number of carbonyl (C=O) groups excluding carboxylic acids is 2. The van der Waals surface area contributed by atoms with Gasteiger partial charge in [0.2, 0.25) is 0 Å². The predicted octanol–water partition coefficient (Wildman–Crippen LogP) is 4.58. The van der Waals surface area contributed by atoms with E-state index in [-0.39, 0.29) is 11.7 Å². The number of amides is 1. The third-order valence-electron chi connectivity index (χ3n) is 3.87. The van der Waals surface area contributed by atoms with Crippen LogP contribution in [-0.2, 0) is 0 Å². The Morgan fingerprint density at radius 1 is 1.12 bits per heavy atom. The summed E-state index contributed by atoms with van der Waals surface area (Å²) in [6.07, 6.45) is 0. The Morgan fingerprint density at radius 2 is 1.85 bits per heavy atom. The molecule has 2 aromatic carbocycles. The number of carbonyl (C=O) groups is 2. The first-order valence-electron chi connectivity index (χ1n) is 8.02. The lowest BCUT2D eigenvalue weighted by molar-refractivity contribution is 0.101. The molecule has 1 heterocycles. The topological polar surface area (TPSA) is 68.3 Å². The van der Waals surface area contributed by atoms with Gasteiger partial charge in [0.15, 0.2) is 5.78 Å². The molecule has 1 aromatic heterocycles. The second-order valence-corrected chi connectivity index (χ2v) is 6.75. The fraction of sp³-hybridized carbons (Fsp3) is 0.150. The van der Waals surface area contributed by atoms with E-state index in [1.54, 1.807) is 31.4 Å². The number of ketones is 1. The highest BCUT2D eigenvalue weighted by molar-refractivity contribution is 7.17. The predicted molar refractivity (Wildman–Crippen MR) is 103 cm³/mol. The van der Waals surface area contributed by atoms with E-state index < -0.39 is 0 Å². The zero-order chi connectivity index (χ0) is 18.7. The maximum absolute atomic E-state index is 12.6. The molecule has 0 spiro atoms. The van der Waals surface area contributed by atoms with Gasteiger partial charge in [0, 0.05) is 16.8 Å². The van der Waals surface area contributed by atoms with Crippen molar-refractivity contribution in [1.82, 2.24) is 4.98 Å². The fourth-order valence-electron chi connectivity index (χ4n) is 2.47. The number of Topliss-reactive ketones (excluding diaryl/α,β-unsaturated/α-hetero) is 1. The molecule has 0 aliphatic heterocycles. The average Bonchev–Trinajstić information content (AvgIpc) is 3.04. The van der Waals surface area contributed by atoms with E-state index in [2.05, 4.69) is 10.3 Å². The molecule has 0 aliphatic rings. The molecule has 3 aromatic rings. The summed E-state index contributed by atoms with van der Waals surface area (Å²) in [4.78, 5) is 29.2. The van der Waals surface area contributed by atoms with Gasteiger partial charge in [0.25, 0.3) is 5.91 Å². The maximum Gasteiger partial charge on any atom is 0.267 e. The van der Waals surface area contributed by atoms with Gasteiger partial charge in [-0.1, -0.05) is 12.1 Å². The molecule has 0 radical (unpaired) electrons. The number of hydrogen-bond acceptors (Lipinski definition) is 5. The highest BCUT2D eigenvalue weighted by Gasteiger charge is 2.17. The van der Waals surface area contributed by atoms with Crippen LogP contribution in [0, 0.1) is 6.92 Å². The molecule has 0 aliphatic carbocycles. The van der Waals surface area contributed by atoms with Gasteiger partial charge >= 0.3 is 0 Å². The standard InChI is InChI=1S/C20H18N2O3S/c1-12-18(19(24)22-16-6-4-5-15(11-16)13(2)23)26-20(21-12)14-7-9-17(25-3)10-8-14/h4-11H,1-3H3,(H,22,24). The van der Waals surface area contributed by atoms with Crippen molar-refractivity contribution in [1.29, 1.82) is 0 Å². The van der Waals surface area contributed by atoms with Crippen LogP contribution in [0.2, 0.25) is 0 Å². The number of rotatable bonds is 5. The van der Waals surface area contributed by atoms with E-state index >= 15 is 0 Å². The monoisotopic (exact) mass is 366 g/mol. The van der Waals surface area contributed by atoms with Gasteiger partial charge in [-0.25, -0.2) is 4.98 Å². The second kappa shape index (κ2) is 7.49. The average molecular weight is 366 g/mol. The zero-order valence-electron chi connectivity index (χ0n) is 14.7. The molecule has 1 N–H and O–H groups in total. The minimum atomic E-state index is -0.236. The number of hydrogen-bond donors (Lipinski definition) is 1. The molecule has 0 unspecified atom stereocenters. The van der Waals surface area contributed by atoms with Crippen LogP contribution in [0.3, 0.4) is 0 Å². The first-order chi connectivity index (χ1) is 12.5. The van der Waals surface area contributed by atoms with Crippen LogP contribution in [0.4, 0.5) is 5.69 Å². The molecule has 0 saturated carbocycles. The molecule has 6 heteroatoms. The number of nitrogens with zero attached hydrogens (tertiary/aromatic N) is 1. The molecule has 26 heavy (non-hydrogen) atoms. The molecule has 5 nitrogen and oxygen atoms in total. The Morgan fingerprint density at radius 3 is 2.50 bits per heavy atom. The third-order valence-corrected chi connectivity index (χ3v) is 5.07.